The van der Waals surface area contributed by atoms with E-state index in [2.05, 4.69) is 41.2 Å². The molecule has 2 aliphatic rings. The van der Waals surface area contributed by atoms with Gasteiger partial charge in [0, 0.05) is 37.8 Å². The summed E-state index contributed by atoms with van der Waals surface area (Å²) >= 11 is 0. The first-order valence-electron chi connectivity index (χ1n) is 9.69. The number of rotatable bonds is 4. The van der Waals surface area contributed by atoms with Crippen LogP contribution >= 0.6 is 0 Å². The molecule has 27 heavy (non-hydrogen) atoms. The fourth-order valence-electron chi connectivity index (χ4n) is 4.18. The molecule has 0 radical (unpaired) electrons. The summed E-state index contributed by atoms with van der Waals surface area (Å²) in [6.45, 7) is 6.85. The first kappa shape index (κ1) is 17.9. The van der Waals surface area contributed by atoms with Crippen molar-refractivity contribution in [2.75, 3.05) is 19.6 Å². The largest absolute Gasteiger partial charge is 0.342 e. The number of amides is 2. The number of carbonyl (C=O) groups excluding carboxylic acids is 2. The number of hydrogen-bond donors (Lipinski definition) is 1. The Kier molecular flexibility index (Phi) is 4.83. The van der Waals surface area contributed by atoms with E-state index in [0.29, 0.717) is 25.4 Å². The SMILES string of the molecule is CC(C)C[C@H]1NC(=O)[C@H]2CN(Cc3cccc4ncccc34)CCN2C1=O. The van der Waals surface area contributed by atoms with Gasteiger partial charge in [-0.25, -0.2) is 0 Å². The van der Waals surface area contributed by atoms with Gasteiger partial charge in [0.25, 0.3) is 0 Å². The van der Waals surface area contributed by atoms with Gasteiger partial charge in [0.15, 0.2) is 0 Å². The van der Waals surface area contributed by atoms with Gasteiger partial charge in [0.05, 0.1) is 5.52 Å². The van der Waals surface area contributed by atoms with Crippen molar-refractivity contribution >= 4 is 22.7 Å². The summed E-state index contributed by atoms with van der Waals surface area (Å²) < 4.78 is 0. The van der Waals surface area contributed by atoms with E-state index in [1.165, 1.54) is 5.56 Å². The third kappa shape index (κ3) is 3.54. The van der Waals surface area contributed by atoms with Crippen LogP contribution in [0.2, 0.25) is 0 Å². The summed E-state index contributed by atoms with van der Waals surface area (Å²) in [5.74, 6) is 0.420. The van der Waals surface area contributed by atoms with Crippen LogP contribution < -0.4 is 5.32 Å². The molecule has 0 bridgehead atoms. The van der Waals surface area contributed by atoms with E-state index in [9.17, 15) is 9.59 Å². The predicted octanol–water partition coefficient (Wildman–Crippen LogP) is 1.79. The summed E-state index contributed by atoms with van der Waals surface area (Å²) in [5.41, 5.74) is 2.19. The van der Waals surface area contributed by atoms with Crippen molar-refractivity contribution in [1.29, 1.82) is 0 Å². The number of carbonyl (C=O) groups is 2. The smallest absolute Gasteiger partial charge is 0.245 e. The fraction of sp³-hybridized carbons (Fsp3) is 0.476. The summed E-state index contributed by atoms with van der Waals surface area (Å²) in [6, 6.07) is 9.42. The average Bonchev–Trinajstić information content (AvgIpc) is 2.66. The molecular formula is C21H26N4O2. The third-order valence-electron chi connectivity index (χ3n) is 5.50. The number of piperazine rings is 2. The molecule has 2 amide bonds. The van der Waals surface area contributed by atoms with Crippen molar-refractivity contribution in [3.63, 3.8) is 0 Å². The Hall–Kier alpha value is -2.47. The van der Waals surface area contributed by atoms with Gasteiger partial charge >= 0.3 is 0 Å². The van der Waals surface area contributed by atoms with Gasteiger partial charge in [0.2, 0.25) is 11.8 Å². The molecule has 0 saturated carbocycles. The molecule has 2 fully saturated rings. The Bertz CT molecular complexity index is 861. The lowest BCUT2D eigenvalue weighted by Gasteiger charge is -2.45. The van der Waals surface area contributed by atoms with Gasteiger partial charge < -0.3 is 10.2 Å². The maximum atomic E-state index is 12.8. The Balaban J connectivity index is 1.48. The van der Waals surface area contributed by atoms with E-state index in [4.69, 9.17) is 0 Å². The lowest BCUT2D eigenvalue weighted by atomic mass is 9.97. The summed E-state index contributed by atoms with van der Waals surface area (Å²) in [5, 5.41) is 4.09. The number of nitrogens with zero attached hydrogens (tertiary/aromatic N) is 3. The van der Waals surface area contributed by atoms with Crippen molar-refractivity contribution in [2.45, 2.75) is 38.9 Å². The van der Waals surface area contributed by atoms with E-state index in [-0.39, 0.29) is 23.9 Å². The zero-order valence-electron chi connectivity index (χ0n) is 15.9. The molecule has 2 aromatic rings. The van der Waals surface area contributed by atoms with Crippen LogP contribution in [0.15, 0.2) is 36.5 Å². The van der Waals surface area contributed by atoms with E-state index in [1.807, 2.05) is 18.2 Å². The zero-order valence-corrected chi connectivity index (χ0v) is 15.9. The van der Waals surface area contributed by atoms with E-state index in [1.54, 1.807) is 11.1 Å². The van der Waals surface area contributed by atoms with Crippen molar-refractivity contribution < 1.29 is 9.59 Å². The molecule has 4 rings (SSSR count). The monoisotopic (exact) mass is 366 g/mol. The standard InChI is InChI=1S/C21H26N4O2/c1-14(2)11-18-21(27)25-10-9-24(13-19(25)20(26)23-18)12-15-5-3-7-17-16(15)6-4-8-22-17/h3-8,14,18-19H,9-13H2,1-2H3,(H,23,26)/t18-,19-/m1/s1. The molecule has 0 unspecified atom stereocenters. The molecule has 1 N–H and O–H groups in total. The highest BCUT2D eigenvalue weighted by atomic mass is 16.2. The molecule has 0 aliphatic carbocycles. The fourth-order valence-corrected chi connectivity index (χ4v) is 4.18. The lowest BCUT2D eigenvalue weighted by molar-refractivity contribution is -0.153. The van der Waals surface area contributed by atoms with Crippen molar-refractivity contribution in [1.82, 2.24) is 20.1 Å². The molecular weight excluding hydrogens is 340 g/mol. The first-order chi connectivity index (χ1) is 13.0. The summed E-state index contributed by atoms with van der Waals surface area (Å²) in [6.07, 6.45) is 2.50. The molecule has 3 heterocycles. The summed E-state index contributed by atoms with van der Waals surface area (Å²) in [4.78, 5) is 33.9. The minimum Gasteiger partial charge on any atom is -0.342 e. The topological polar surface area (TPSA) is 65.5 Å². The number of hydrogen-bond acceptors (Lipinski definition) is 4. The molecule has 142 valence electrons. The summed E-state index contributed by atoms with van der Waals surface area (Å²) in [7, 11) is 0. The van der Waals surface area contributed by atoms with E-state index in [0.717, 1.165) is 24.0 Å². The van der Waals surface area contributed by atoms with Crippen LogP contribution in [-0.2, 0) is 16.1 Å². The highest BCUT2D eigenvalue weighted by Crippen LogP contribution is 2.23. The van der Waals surface area contributed by atoms with E-state index >= 15 is 0 Å². The van der Waals surface area contributed by atoms with Gasteiger partial charge in [-0.15, -0.1) is 0 Å². The lowest BCUT2D eigenvalue weighted by Crippen LogP contribution is -2.69. The average molecular weight is 366 g/mol. The van der Waals surface area contributed by atoms with Gasteiger partial charge in [-0.3, -0.25) is 19.5 Å². The van der Waals surface area contributed by atoms with Gasteiger partial charge in [-0.2, -0.15) is 0 Å². The minimum atomic E-state index is -0.386. The second-order valence-corrected chi connectivity index (χ2v) is 7.96. The van der Waals surface area contributed by atoms with Crippen molar-refractivity contribution in [3.8, 4) is 0 Å². The molecule has 1 aromatic carbocycles. The van der Waals surface area contributed by atoms with Crippen LogP contribution in [0.25, 0.3) is 10.9 Å². The Morgan fingerprint density at radius 2 is 2.04 bits per heavy atom. The maximum absolute atomic E-state index is 12.8. The van der Waals surface area contributed by atoms with Crippen LogP contribution in [0, 0.1) is 5.92 Å². The van der Waals surface area contributed by atoms with Crippen LogP contribution in [0.3, 0.4) is 0 Å². The third-order valence-corrected chi connectivity index (χ3v) is 5.50. The Labute approximate surface area is 159 Å². The minimum absolute atomic E-state index is 0.0236. The maximum Gasteiger partial charge on any atom is 0.245 e. The predicted molar refractivity (Wildman–Crippen MR) is 104 cm³/mol. The van der Waals surface area contributed by atoms with Gasteiger partial charge in [-0.1, -0.05) is 32.0 Å². The number of pyridine rings is 1. The molecule has 6 nitrogen and oxygen atoms in total. The van der Waals surface area contributed by atoms with Crippen LogP contribution in [0.5, 0.6) is 0 Å². The normalized spacial score (nSPS) is 23.6. The highest BCUT2D eigenvalue weighted by molar-refractivity contribution is 5.97. The molecule has 0 spiro atoms. The van der Waals surface area contributed by atoms with Gasteiger partial charge in [0.1, 0.15) is 12.1 Å². The molecule has 6 heteroatoms. The van der Waals surface area contributed by atoms with Gasteiger partial charge in [-0.05, 0) is 30.0 Å². The van der Waals surface area contributed by atoms with Crippen LogP contribution in [0.1, 0.15) is 25.8 Å². The quantitative estimate of drug-likeness (QED) is 0.896. The number of nitrogens with one attached hydrogen (secondary N) is 1. The molecule has 1 aromatic heterocycles. The molecule has 2 aliphatic heterocycles. The Morgan fingerprint density at radius 3 is 2.85 bits per heavy atom. The first-order valence-corrected chi connectivity index (χ1v) is 9.69. The molecule has 2 atom stereocenters. The van der Waals surface area contributed by atoms with Crippen LogP contribution in [-0.4, -0.2) is 58.3 Å². The Morgan fingerprint density at radius 1 is 1.19 bits per heavy atom. The van der Waals surface area contributed by atoms with Crippen molar-refractivity contribution in [2.24, 2.45) is 5.92 Å². The van der Waals surface area contributed by atoms with Crippen LogP contribution in [0.4, 0.5) is 0 Å². The van der Waals surface area contributed by atoms with E-state index < -0.39 is 0 Å². The second-order valence-electron chi connectivity index (χ2n) is 7.96. The molecule has 2 saturated heterocycles. The highest BCUT2D eigenvalue weighted by Gasteiger charge is 2.43. The second kappa shape index (κ2) is 7.27. The number of benzene rings is 1. The van der Waals surface area contributed by atoms with Crippen molar-refractivity contribution in [3.05, 3.63) is 42.1 Å². The number of aromatic nitrogens is 1. The number of fused-ring (bicyclic) bond motifs is 2. The zero-order chi connectivity index (χ0) is 19.0.